The number of nitrogens with zero attached hydrogens (tertiary/aromatic N) is 6. The van der Waals surface area contributed by atoms with Crippen LogP contribution in [-0.2, 0) is 0 Å². The maximum atomic E-state index is 11.0. The van der Waals surface area contributed by atoms with Gasteiger partial charge in [0.2, 0.25) is 0 Å². The Labute approximate surface area is 341 Å². The van der Waals surface area contributed by atoms with E-state index in [-0.39, 0.29) is 43.2 Å². The summed E-state index contributed by atoms with van der Waals surface area (Å²) in [6.45, 7) is 49.7. The fraction of sp³-hybridized carbons (Fsp3) is 0.649. The summed E-state index contributed by atoms with van der Waals surface area (Å²) in [6, 6.07) is 16.9. The topological polar surface area (TPSA) is 71.1 Å². The van der Waals surface area contributed by atoms with Crippen molar-refractivity contribution in [3.63, 3.8) is 0 Å². The van der Waals surface area contributed by atoms with E-state index in [1.807, 2.05) is 21.9 Å². The third-order valence-corrected chi connectivity index (χ3v) is 22.2. The van der Waals surface area contributed by atoms with E-state index in [1.165, 1.54) is 0 Å². The van der Waals surface area contributed by atoms with Crippen molar-refractivity contribution in [3.05, 3.63) is 67.9 Å². The van der Waals surface area contributed by atoms with Crippen LogP contribution in [0.1, 0.15) is 27.7 Å². The van der Waals surface area contributed by atoms with E-state index in [0.717, 1.165) is 22.5 Å². The molecule has 0 aromatic heterocycles. The summed E-state index contributed by atoms with van der Waals surface area (Å²) in [5.41, 5.74) is 4.40. The maximum Gasteiger partial charge on any atom is 4.00 e. The number of rotatable bonds is 8. The summed E-state index contributed by atoms with van der Waals surface area (Å²) in [5, 5.41) is 11.0. The molecule has 0 unspecified atom stereocenters. The van der Waals surface area contributed by atoms with Gasteiger partial charge in [-0.3, -0.25) is 0 Å². The Balaban J connectivity index is 0. The largest absolute Gasteiger partial charge is 4.00 e. The van der Waals surface area contributed by atoms with E-state index < -0.39 is 49.4 Å². The fourth-order valence-corrected chi connectivity index (χ4v) is 30.3. The van der Waals surface area contributed by atoms with Gasteiger partial charge in [-0.25, -0.2) is 0 Å². The molecule has 3 rings (SSSR count). The molecule has 0 fully saturated rings. The molecule has 0 saturated heterocycles. The number of anilines is 2. The third-order valence-electron chi connectivity index (χ3n) is 6.09. The Bertz CT molecular complexity index is 1140. The van der Waals surface area contributed by atoms with E-state index in [0.29, 0.717) is 5.96 Å². The maximum absolute atomic E-state index is 11.0. The van der Waals surface area contributed by atoms with E-state index >= 15 is 0 Å². The fourth-order valence-electron chi connectivity index (χ4n) is 6.19. The van der Waals surface area contributed by atoms with Gasteiger partial charge in [0.25, 0.3) is 0 Å². The average Bonchev–Trinajstić information content (AvgIpc) is 2.90. The molecule has 1 aliphatic heterocycles. The van der Waals surface area contributed by atoms with Gasteiger partial charge in [0.1, 0.15) is 0 Å². The van der Waals surface area contributed by atoms with Gasteiger partial charge in [-0.05, 0) is 34.6 Å². The van der Waals surface area contributed by atoms with Crippen molar-refractivity contribution >= 4 is 66.7 Å². The van der Waals surface area contributed by atoms with E-state index in [9.17, 15) is 5.41 Å². The molecule has 2 aromatic carbocycles. The van der Waals surface area contributed by atoms with E-state index in [2.05, 4.69) is 182 Å². The van der Waals surface area contributed by atoms with Crippen molar-refractivity contribution < 1.29 is 31.1 Å². The molecular weight excluding hydrogens is 935 g/mol. The Morgan fingerprint density at radius 3 is 0.780 bits per heavy atom. The number of guanidine groups is 1. The summed E-state index contributed by atoms with van der Waals surface area (Å²) >= 11 is 0. The van der Waals surface area contributed by atoms with Crippen LogP contribution in [0.15, 0.2) is 48.5 Å². The van der Waals surface area contributed by atoms with Crippen LogP contribution in [0.5, 0.6) is 0 Å². The predicted octanol–water partition coefficient (Wildman–Crippen LogP) is 13.8. The van der Waals surface area contributed by atoms with Crippen LogP contribution < -0.4 is 9.80 Å². The zero-order chi connectivity index (χ0) is 39.0. The SMILES string of the molecule is CC(C)N1C(=[N-])N(C(C)C)c2ccccc2-c2ccccc21.C[Si](C)(C)[N-][Si](C)(C)C.C[Si](C)(C)[N-][Si](C)(C)C.C[Si](C)(C)[N-][Si](C)(C)C.[U+4]. The van der Waals surface area contributed by atoms with E-state index in [4.69, 9.17) is 13.9 Å². The van der Waals surface area contributed by atoms with Crippen LogP contribution in [0.3, 0.4) is 0 Å². The predicted molar refractivity (Wildman–Crippen MR) is 246 cm³/mol. The summed E-state index contributed by atoms with van der Waals surface area (Å²) in [5.74, 6) is 0.294. The number of para-hydroxylation sites is 2. The Hall–Kier alpha value is -0.0568. The Kier molecular flexibility index (Phi) is 21.4. The first-order valence-corrected chi connectivity index (χ1v) is 38.9. The van der Waals surface area contributed by atoms with Crippen molar-refractivity contribution in [2.75, 3.05) is 9.80 Å². The quantitative estimate of drug-likeness (QED) is 0.247. The van der Waals surface area contributed by atoms with Crippen molar-refractivity contribution in [1.29, 1.82) is 0 Å². The molecule has 6 nitrogen and oxygen atoms in total. The van der Waals surface area contributed by atoms with Gasteiger partial charge < -0.3 is 29.2 Å². The zero-order valence-corrected chi connectivity index (χ0v) is 46.6. The van der Waals surface area contributed by atoms with Gasteiger partial charge in [0, 0.05) is 5.96 Å². The van der Waals surface area contributed by atoms with Crippen molar-refractivity contribution in [2.45, 2.75) is 158 Å². The summed E-state index contributed by atoms with van der Waals surface area (Å²) in [6.07, 6.45) is 0. The molecular formula is C37H76N6Si6U. The van der Waals surface area contributed by atoms with Crippen LogP contribution in [0, 0.1) is 31.1 Å². The Morgan fingerprint density at radius 2 is 0.620 bits per heavy atom. The average molecular weight is 1010 g/mol. The summed E-state index contributed by atoms with van der Waals surface area (Å²) in [7, 11) is -6.64. The van der Waals surface area contributed by atoms with Gasteiger partial charge in [0.15, 0.2) is 0 Å². The number of hydrogen-bond donors (Lipinski definition) is 0. The van der Waals surface area contributed by atoms with Gasteiger partial charge in [-0.2, -0.15) is 0 Å². The van der Waals surface area contributed by atoms with Gasteiger partial charge in [0.05, 0.1) is 0 Å². The molecule has 282 valence electrons. The number of benzene rings is 2. The first-order valence-electron chi connectivity index (χ1n) is 18.2. The third kappa shape index (κ3) is 22.9. The van der Waals surface area contributed by atoms with Crippen LogP contribution in [0.25, 0.3) is 30.5 Å². The number of fused-ring (bicyclic) bond motifs is 3. The molecule has 0 spiro atoms. The minimum atomic E-state index is -1.11. The van der Waals surface area contributed by atoms with Gasteiger partial charge in [-0.15, -0.1) is 0 Å². The zero-order valence-electron chi connectivity index (χ0n) is 36.5. The minimum absolute atomic E-state index is 0. The summed E-state index contributed by atoms with van der Waals surface area (Å²) in [4.78, 5) is 4.02. The molecule has 0 radical (unpaired) electrons. The van der Waals surface area contributed by atoms with Crippen LogP contribution >= 0.6 is 0 Å². The first kappa shape index (κ1) is 52.0. The molecule has 0 N–H and O–H groups in total. The van der Waals surface area contributed by atoms with Crippen LogP contribution in [0.2, 0.25) is 118 Å². The molecule has 0 bridgehead atoms. The molecule has 0 amide bonds. The molecule has 50 heavy (non-hydrogen) atoms. The molecule has 13 heteroatoms. The first-order chi connectivity index (χ1) is 21.6. The van der Waals surface area contributed by atoms with Crippen molar-refractivity contribution in [1.82, 2.24) is 0 Å². The standard InChI is InChI=1S/C19H22N3.3C6H18NSi2.U/c1-13(2)21-17-11-7-5-9-15(17)16-10-6-8-12-18(16)22(14(3)4)19(21)20;3*1-8(2,3)7-9(4,5)6;/h5-14H,1-4H3;3*1-6H3;/q4*-1;+4. The molecule has 2 aromatic rings. The van der Waals surface area contributed by atoms with Crippen LogP contribution in [-0.4, -0.2) is 67.5 Å². The van der Waals surface area contributed by atoms with Gasteiger partial charge in [-0.1, -0.05) is 243 Å². The van der Waals surface area contributed by atoms with Crippen LogP contribution in [0.4, 0.5) is 11.4 Å². The normalized spacial score (nSPS) is 13.8. The molecule has 0 atom stereocenters. The Morgan fingerprint density at radius 1 is 0.420 bits per heavy atom. The minimum Gasteiger partial charge on any atom is -0.668 e. The summed E-state index contributed by atoms with van der Waals surface area (Å²) < 4.78 is 14.5. The second kappa shape index (κ2) is 20.6. The van der Waals surface area contributed by atoms with E-state index in [1.54, 1.807) is 0 Å². The number of hydrogen-bond acceptors (Lipinski definition) is 0. The van der Waals surface area contributed by atoms with Crippen molar-refractivity contribution in [3.8, 4) is 11.1 Å². The second-order valence-electron chi connectivity index (χ2n) is 19.6. The molecule has 1 heterocycles. The molecule has 0 aliphatic carbocycles. The second-order valence-corrected chi connectivity index (χ2v) is 48.4. The molecule has 0 saturated carbocycles. The van der Waals surface area contributed by atoms with Crippen molar-refractivity contribution in [2.24, 2.45) is 0 Å². The monoisotopic (exact) mass is 1010 g/mol. The smallest absolute Gasteiger partial charge is 0.668 e. The van der Waals surface area contributed by atoms with Gasteiger partial charge >= 0.3 is 31.1 Å². The molecule has 1 aliphatic rings.